The van der Waals surface area contributed by atoms with Crippen LogP contribution in [0.15, 0.2) is 36.5 Å². The lowest BCUT2D eigenvalue weighted by atomic mass is 10.0. The average Bonchev–Trinajstić information content (AvgIpc) is 2.40. The zero-order valence-corrected chi connectivity index (χ0v) is 11.7. The van der Waals surface area contributed by atoms with E-state index in [0.29, 0.717) is 11.6 Å². The Morgan fingerprint density at radius 2 is 1.76 bits per heavy atom. The molecule has 112 valence electrons. The fourth-order valence-electron chi connectivity index (χ4n) is 1.84. The Balaban J connectivity index is 2.26. The number of nitrogens with two attached hydrogens (primary N) is 1. The molecule has 0 aliphatic heterocycles. The van der Waals surface area contributed by atoms with E-state index in [1.807, 2.05) is 12.1 Å². The van der Waals surface area contributed by atoms with Crippen LogP contribution in [0.1, 0.15) is 30.9 Å². The minimum Gasteiger partial charge on any atom is -0.382 e. The largest absolute Gasteiger partial charge is 0.417 e. The number of hydrogen-bond acceptors (Lipinski definition) is 3. The molecule has 2 aromatic rings. The third kappa shape index (κ3) is 3.65. The van der Waals surface area contributed by atoms with Gasteiger partial charge in [0.2, 0.25) is 0 Å². The Morgan fingerprint density at radius 3 is 2.29 bits per heavy atom. The van der Waals surface area contributed by atoms with Crippen molar-refractivity contribution in [2.75, 3.05) is 11.1 Å². The summed E-state index contributed by atoms with van der Waals surface area (Å²) in [5.74, 6) is 0.412. The summed E-state index contributed by atoms with van der Waals surface area (Å²) in [5.41, 5.74) is 6.73. The van der Waals surface area contributed by atoms with Gasteiger partial charge >= 0.3 is 6.18 Å². The number of halogens is 3. The van der Waals surface area contributed by atoms with Crippen molar-refractivity contribution >= 4 is 17.2 Å². The van der Waals surface area contributed by atoms with Crippen molar-refractivity contribution in [3.63, 3.8) is 0 Å². The summed E-state index contributed by atoms with van der Waals surface area (Å²) in [5, 5.41) is 2.86. The first-order valence-electron chi connectivity index (χ1n) is 6.47. The van der Waals surface area contributed by atoms with Crippen LogP contribution in [-0.4, -0.2) is 4.98 Å². The Hall–Kier alpha value is -2.24. The van der Waals surface area contributed by atoms with E-state index in [1.165, 1.54) is 0 Å². The van der Waals surface area contributed by atoms with Crippen LogP contribution in [0.3, 0.4) is 0 Å². The Kier molecular flexibility index (Phi) is 4.06. The molecule has 0 saturated heterocycles. The highest BCUT2D eigenvalue weighted by atomic mass is 19.4. The molecule has 1 aromatic carbocycles. The first-order valence-corrected chi connectivity index (χ1v) is 6.47. The van der Waals surface area contributed by atoms with Gasteiger partial charge in [-0.25, -0.2) is 4.98 Å². The molecule has 0 atom stereocenters. The average molecular weight is 295 g/mol. The van der Waals surface area contributed by atoms with Crippen LogP contribution in [0, 0.1) is 0 Å². The van der Waals surface area contributed by atoms with Gasteiger partial charge in [0.15, 0.2) is 0 Å². The van der Waals surface area contributed by atoms with Crippen molar-refractivity contribution in [1.29, 1.82) is 0 Å². The van der Waals surface area contributed by atoms with Gasteiger partial charge < -0.3 is 11.1 Å². The van der Waals surface area contributed by atoms with Crippen LogP contribution in [-0.2, 0) is 6.18 Å². The van der Waals surface area contributed by atoms with E-state index in [4.69, 9.17) is 5.73 Å². The van der Waals surface area contributed by atoms with E-state index < -0.39 is 11.7 Å². The molecule has 1 heterocycles. The van der Waals surface area contributed by atoms with Gasteiger partial charge in [-0.05, 0) is 29.7 Å². The molecule has 0 radical (unpaired) electrons. The van der Waals surface area contributed by atoms with Crippen LogP contribution < -0.4 is 11.1 Å². The number of rotatable bonds is 3. The van der Waals surface area contributed by atoms with Gasteiger partial charge in [-0.15, -0.1) is 0 Å². The monoisotopic (exact) mass is 295 g/mol. The number of anilines is 3. The summed E-state index contributed by atoms with van der Waals surface area (Å²) >= 11 is 0. The highest BCUT2D eigenvalue weighted by Crippen LogP contribution is 2.33. The number of nitrogens with one attached hydrogen (secondary N) is 1. The molecule has 0 unspecified atom stereocenters. The number of nitrogens with zero attached hydrogens (tertiary/aromatic N) is 1. The summed E-state index contributed by atoms with van der Waals surface area (Å²) in [6.45, 7) is 4.13. The second-order valence-electron chi connectivity index (χ2n) is 5.06. The molecule has 1 aromatic heterocycles. The summed E-state index contributed by atoms with van der Waals surface area (Å²) < 4.78 is 38.0. The van der Waals surface area contributed by atoms with Gasteiger partial charge in [-0.1, -0.05) is 26.0 Å². The van der Waals surface area contributed by atoms with E-state index in [0.717, 1.165) is 17.8 Å². The molecule has 3 nitrogen and oxygen atoms in total. The van der Waals surface area contributed by atoms with Crippen LogP contribution in [0.4, 0.5) is 30.4 Å². The molecule has 2 rings (SSSR count). The summed E-state index contributed by atoms with van der Waals surface area (Å²) in [6.07, 6.45) is -3.72. The van der Waals surface area contributed by atoms with Gasteiger partial charge in [0.25, 0.3) is 0 Å². The topological polar surface area (TPSA) is 50.9 Å². The van der Waals surface area contributed by atoms with Crippen LogP contribution in [0.25, 0.3) is 0 Å². The van der Waals surface area contributed by atoms with Crippen LogP contribution >= 0.6 is 0 Å². The van der Waals surface area contributed by atoms with E-state index in [9.17, 15) is 13.2 Å². The SMILES string of the molecule is CC(C)c1ccc(Nc2cc(C(F)(F)F)cnc2N)cc1. The normalized spacial score (nSPS) is 11.7. The number of benzene rings is 1. The Labute approximate surface area is 121 Å². The Bertz CT molecular complexity index is 619. The molecule has 0 fully saturated rings. The summed E-state index contributed by atoms with van der Waals surface area (Å²) in [7, 11) is 0. The van der Waals surface area contributed by atoms with E-state index in [-0.39, 0.29) is 11.5 Å². The van der Waals surface area contributed by atoms with Crippen molar-refractivity contribution < 1.29 is 13.2 Å². The third-order valence-corrected chi connectivity index (χ3v) is 3.10. The predicted octanol–water partition coefficient (Wildman–Crippen LogP) is 4.55. The smallest absolute Gasteiger partial charge is 0.382 e. The van der Waals surface area contributed by atoms with Gasteiger partial charge in [0.1, 0.15) is 5.82 Å². The van der Waals surface area contributed by atoms with Gasteiger partial charge in [-0.2, -0.15) is 13.2 Å². The number of alkyl halides is 3. The quantitative estimate of drug-likeness (QED) is 0.873. The standard InChI is InChI=1S/C15H16F3N3/c1-9(2)10-3-5-12(6-4-10)21-13-7-11(15(16,17)18)8-20-14(13)19/h3-9,21H,1-2H3,(H2,19,20). The lowest BCUT2D eigenvalue weighted by Crippen LogP contribution is -2.08. The van der Waals surface area contributed by atoms with E-state index in [1.54, 1.807) is 12.1 Å². The van der Waals surface area contributed by atoms with Crippen LogP contribution in [0.2, 0.25) is 0 Å². The molecule has 6 heteroatoms. The highest BCUT2D eigenvalue weighted by molar-refractivity contribution is 5.70. The minimum atomic E-state index is -4.45. The predicted molar refractivity (Wildman–Crippen MR) is 77.5 cm³/mol. The van der Waals surface area contributed by atoms with E-state index >= 15 is 0 Å². The van der Waals surface area contributed by atoms with Crippen molar-refractivity contribution in [3.05, 3.63) is 47.7 Å². The van der Waals surface area contributed by atoms with Gasteiger partial charge in [0.05, 0.1) is 11.3 Å². The third-order valence-electron chi connectivity index (χ3n) is 3.10. The van der Waals surface area contributed by atoms with Crippen LogP contribution in [0.5, 0.6) is 0 Å². The maximum absolute atomic E-state index is 12.7. The van der Waals surface area contributed by atoms with Crippen molar-refractivity contribution in [2.45, 2.75) is 25.9 Å². The van der Waals surface area contributed by atoms with E-state index in [2.05, 4.69) is 24.1 Å². The van der Waals surface area contributed by atoms with Gasteiger partial charge in [0, 0.05) is 11.9 Å². The molecule has 0 spiro atoms. The molecule has 0 amide bonds. The molecule has 0 aliphatic carbocycles. The molecular weight excluding hydrogens is 279 g/mol. The Morgan fingerprint density at radius 1 is 1.14 bits per heavy atom. The molecule has 0 aliphatic rings. The number of nitrogen functional groups attached to an aromatic ring is 1. The minimum absolute atomic E-state index is 0.0240. The lowest BCUT2D eigenvalue weighted by molar-refractivity contribution is -0.137. The number of hydrogen-bond donors (Lipinski definition) is 2. The van der Waals surface area contributed by atoms with Crippen molar-refractivity contribution in [2.24, 2.45) is 0 Å². The summed E-state index contributed by atoms with van der Waals surface area (Å²) in [4.78, 5) is 3.58. The lowest BCUT2D eigenvalue weighted by Gasteiger charge is -2.13. The summed E-state index contributed by atoms with van der Waals surface area (Å²) in [6, 6.07) is 8.40. The first kappa shape index (κ1) is 15.2. The zero-order chi connectivity index (χ0) is 15.6. The van der Waals surface area contributed by atoms with Crippen molar-refractivity contribution in [1.82, 2.24) is 4.98 Å². The first-order chi connectivity index (χ1) is 9.77. The maximum atomic E-state index is 12.7. The second kappa shape index (κ2) is 5.63. The second-order valence-corrected chi connectivity index (χ2v) is 5.06. The zero-order valence-electron chi connectivity index (χ0n) is 11.7. The molecule has 3 N–H and O–H groups in total. The fraction of sp³-hybridized carbons (Fsp3) is 0.267. The molecule has 0 bridgehead atoms. The molecule has 0 saturated carbocycles. The molecular formula is C15H16F3N3. The highest BCUT2D eigenvalue weighted by Gasteiger charge is 2.31. The number of pyridine rings is 1. The molecule has 21 heavy (non-hydrogen) atoms. The maximum Gasteiger partial charge on any atom is 0.417 e. The van der Waals surface area contributed by atoms with Gasteiger partial charge in [-0.3, -0.25) is 0 Å². The number of aromatic nitrogens is 1. The van der Waals surface area contributed by atoms with Crippen molar-refractivity contribution in [3.8, 4) is 0 Å². The fourth-order valence-corrected chi connectivity index (χ4v) is 1.84.